The van der Waals surface area contributed by atoms with Crippen LogP contribution in [0.25, 0.3) is 0 Å². The third-order valence-corrected chi connectivity index (χ3v) is 0.943. The molecule has 0 aromatic heterocycles. The van der Waals surface area contributed by atoms with Crippen LogP contribution in [0.5, 0.6) is 0 Å². The highest BCUT2D eigenvalue weighted by Gasteiger charge is 2.14. The van der Waals surface area contributed by atoms with Gasteiger partial charge in [0.15, 0.2) is 0 Å². The molecule has 7 heavy (non-hydrogen) atoms. The predicted octanol–water partition coefficient (Wildman–Crippen LogP) is -1.48. The Morgan fingerprint density at radius 1 is 1.86 bits per heavy atom. The fourth-order valence-electron chi connectivity index (χ4n) is 0.574. The summed E-state index contributed by atoms with van der Waals surface area (Å²) in [6.45, 7) is 1.20. The third-order valence-electron chi connectivity index (χ3n) is 0.943. The molecule has 1 aliphatic rings. The second-order valence-corrected chi connectivity index (χ2v) is 1.70. The Hall–Kier alpha value is -0.160. The number of hydrogen-bond acceptors (Lipinski definition) is 4. The lowest BCUT2D eigenvalue weighted by atomic mass is 10.4. The minimum atomic E-state index is 0.0880. The highest BCUT2D eigenvalue weighted by Crippen LogP contribution is 1.88. The van der Waals surface area contributed by atoms with Crippen molar-refractivity contribution in [1.29, 1.82) is 0 Å². The molecule has 0 aromatic rings. The Bertz CT molecular complexity index is 59.2. The van der Waals surface area contributed by atoms with Crippen molar-refractivity contribution in [1.82, 2.24) is 10.6 Å². The van der Waals surface area contributed by atoms with Crippen LogP contribution in [0.2, 0.25) is 0 Å². The van der Waals surface area contributed by atoms with Crippen LogP contribution in [-0.4, -0.2) is 29.5 Å². The molecule has 1 fully saturated rings. The second kappa shape index (κ2) is 1.75. The van der Waals surface area contributed by atoms with Crippen LogP contribution in [0.4, 0.5) is 0 Å². The molecule has 0 amide bonds. The fourth-order valence-corrected chi connectivity index (χ4v) is 0.574. The van der Waals surface area contributed by atoms with Gasteiger partial charge in [0.05, 0.1) is 6.54 Å². The quantitative estimate of drug-likeness (QED) is 0.350. The Balaban J connectivity index is 2.26. The molecule has 4 heteroatoms. The number of nitrogens with zero attached hydrogens (tertiary/aromatic N) is 1. The first-order valence-electron chi connectivity index (χ1n) is 2.24. The zero-order chi connectivity index (χ0) is 5.28. The van der Waals surface area contributed by atoms with Crippen LogP contribution in [0.3, 0.4) is 0 Å². The zero-order valence-corrected chi connectivity index (χ0v) is 3.96. The Morgan fingerprint density at radius 3 is 2.71 bits per heavy atom. The van der Waals surface area contributed by atoms with E-state index in [4.69, 9.17) is 10.9 Å². The molecule has 0 spiro atoms. The van der Waals surface area contributed by atoms with Crippen molar-refractivity contribution in [2.45, 2.75) is 6.04 Å². The summed E-state index contributed by atoms with van der Waals surface area (Å²) in [7, 11) is 0. The molecule has 1 rings (SSSR count). The molecule has 1 unspecified atom stereocenters. The summed E-state index contributed by atoms with van der Waals surface area (Å²) in [5.41, 5.74) is 7.99. The van der Waals surface area contributed by atoms with Crippen LogP contribution >= 0.6 is 0 Å². The largest absolute Gasteiger partial charge is 0.325 e. The van der Waals surface area contributed by atoms with Gasteiger partial charge in [0.1, 0.15) is 0 Å². The minimum absolute atomic E-state index is 0.0880. The van der Waals surface area contributed by atoms with E-state index in [-0.39, 0.29) is 6.04 Å². The van der Waals surface area contributed by atoms with Gasteiger partial charge in [-0.25, -0.2) is 5.43 Å². The highest BCUT2D eigenvalue weighted by atomic mass is 16.5. The van der Waals surface area contributed by atoms with Gasteiger partial charge in [-0.2, -0.15) is 0 Å². The van der Waals surface area contributed by atoms with Crippen LogP contribution in [0.15, 0.2) is 0 Å². The van der Waals surface area contributed by atoms with Gasteiger partial charge in [-0.15, -0.1) is 5.17 Å². The lowest BCUT2D eigenvalue weighted by molar-refractivity contribution is -0.111. The standard InChI is InChI=1S/C3H9N3O/c4-3-1-5-6(7)2-3/h3,5,7H,1-2,4H2. The summed E-state index contributed by atoms with van der Waals surface area (Å²) in [5.74, 6) is 0. The first-order chi connectivity index (χ1) is 3.29. The molecule has 0 radical (unpaired) electrons. The third kappa shape index (κ3) is 1.10. The van der Waals surface area contributed by atoms with E-state index in [9.17, 15) is 0 Å². The summed E-state index contributed by atoms with van der Waals surface area (Å²) in [6, 6.07) is 0.0880. The zero-order valence-electron chi connectivity index (χ0n) is 3.96. The number of nitrogens with one attached hydrogen (secondary N) is 1. The van der Waals surface area contributed by atoms with E-state index < -0.39 is 0 Å². The maximum absolute atomic E-state index is 8.54. The lowest BCUT2D eigenvalue weighted by Crippen LogP contribution is -2.26. The van der Waals surface area contributed by atoms with Crippen molar-refractivity contribution in [3.05, 3.63) is 0 Å². The maximum Gasteiger partial charge on any atom is 0.0563 e. The van der Waals surface area contributed by atoms with Gasteiger partial charge < -0.3 is 5.73 Å². The topological polar surface area (TPSA) is 61.5 Å². The number of nitrogens with two attached hydrogens (primary N) is 1. The van der Waals surface area contributed by atoms with E-state index in [1.54, 1.807) is 0 Å². The fraction of sp³-hybridized carbons (Fsp3) is 1.00. The normalized spacial score (nSPS) is 34.3. The molecule has 0 aliphatic carbocycles. The monoisotopic (exact) mass is 103 g/mol. The summed E-state index contributed by atoms with van der Waals surface area (Å²) in [5, 5.41) is 9.55. The number of hydrazine groups is 1. The number of hydrogen-bond donors (Lipinski definition) is 3. The molecule has 1 aliphatic heterocycles. The summed E-state index contributed by atoms with van der Waals surface area (Å²) >= 11 is 0. The van der Waals surface area contributed by atoms with Crippen LogP contribution in [0, 0.1) is 0 Å². The van der Waals surface area contributed by atoms with E-state index in [2.05, 4.69) is 5.43 Å². The van der Waals surface area contributed by atoms with Gasteiger partial charge >= 0.3 is 0 Å². The molecule has 0 saturated carbocycles. The average molecular weight is 103 g/mol. The minimum Gasteiger partial charge on any atom is -0.325 e. The van der Waals surface area contributed by atoms with Crippen LogP contribution in [-0.2, 0) is 0 Å². The van der Waals surface area contributed by atoms with Gasteiger partial charge in [-0.1, -0.05) is 0 Å². The summed E-state index contributed by atoms with van der Waals surface area (Å²) in [4.78, 5) is 0. The van der Waals surface area contributed by atoms with E-state index in [0.29, 0.717) is 13.1 Å². The molecule has 1 atom stereocenters. The van der Waals surface area contributed by atoms with Crippen molar-refractivity contribution < 1.29 is 5.21 Å². The van der Waals surface area contributed by atoms with Gasteiger partial charge in [-0.3, -0.25) is 5.21 Å². The van der Waals surface area contributed by atoms with Crippen molar-refractivity contribution in [3.63, 3.8) is 0 Å². The smallest absolute Gasteiger partial charge is 0.0563 e. The summed E-state index contributed by atoms with van der Waals surface area (Å²) in [6.07, 6.45) is 0. The Kier molecular flexibility index (Phi) is 1.25. The van der Waals surface area contributed by atoms with Crippen LogP contribution in [0.1, 0.15) is 0 Å². The van der Waals surface area contributed by atoms with Gasteiger partial charge in [0.25, 0.3) is 0 Å². The Morgan fingerprint density at radius 2 is 2.57 bits per heavy atom. The van der Waals surface area contributed by atoms with Crippen LogP contribution < -0.4 is 11.2 Å². The summed E-state index contributed by atoms with van der Waals surface area (Å²) < 4.78 is 0. The predicted molar refractivity (Wildman–Crippen MR) is 24.5 cm³/mol. The number of hydroxylamine groups is 1. The van der Waals surface area contributed by atoms with E-state index >= 15 is 0 Å². The first-order valence-corrected chi connectivity index (χ1v) is 2.24. The molecule has 42 valence electrons. The van der Waals surface area contributed by atoms with Gasteiger partial charge in [0, 0.05) is 12.6 Å². The number of rotatable bonds is 0. The maximum atomic E-state index is 8.54. The first kappa shape index (κ1) is 4.99. The highest BCUT2D eigenvalue weighted by molar-refractivity contribution is 4.69. The molecule has 1 saturated heterocycles. The molecular weight excluding hydrogens is 94.1 g/mol. The molecule has 1 heterocycles. The Labute approximate surface area is 41.8 Å². The van der Waals surface area contributed by atoms with Crippen molar-refractivity contribution in [3.8, 4) is 0 Å². The molecule has 4 nitrogen and oxygen atoms in total. The van der Waals surface area contributed by atoms with E-state index in [0.717, 1.165) is 5.17 Å². The SMILES string of the molecule is NC1CNN(O)C1. The van der Waals surface area contributed by atoms with E-state index in [1.165, 1.54) is 0 Å². The van der Waals surface area contributed by atoms with E-state index in [1.807, 2.05) is 0 Å². The molecule has 4 N–H and O–H groups in total. The van der Waals surface area contributed by atoms with Gasteiger partial charge in [-0.05, 0) is 0 Å². The molecular formula is C3H9N3O. The lowest BCUT2D eigenvalue weighted by Gasteiger charge is -2.01. The second-order valence-electron chi connectivity index (χ2n) is 1.70. The molecule has 0 bridgehead atoms. The average Bonchev–Trinajstić information content (AvgIpc) is 1.87. The van der Waals surface area contributed by atoms with Crippen molar-refractivity contribution in [2.75, 3.05) is 13.1 Å². The van der Waals surface area contributed by atoms with Crippen molar-refractivity contribution in [2.24, 2.45) is 5.73 Å². The van der Waals surface area contributed by atoms with Gasteiger partial charge in [0.2, 0.25) is 0 Å². The van der Waals surface area contributed by atoms with Crippen molar-refractivity contribution >= 4 is 0 Å². The molecule has 0 aromatic carbocycles.